The topological polar surface area (TPSA) is 37.4 Å². The fourth-order valence-electron chi connectivity index (χ4n) is 1.53. The summed E-state index contributed by atoms with van der Waals surface area (Å²) in [7, 11) is 0. The molecule has 0 bridgehead atoms. The maximum atomic E-state index is 11.9. The lowest BCUT2D eigenvalue weighted by Crippen LogP contribution is -2.32. The van der Waals surface area contributed by atoms with Gasteiger partial charge in [0.2, 0.25) is 6.29 Å². The van der Waals surface area contributed by atoms with E-state index in [-0.39, 0.29) is 11.5 Å². The lowest BCUT2D eigenvalue weighted by Gasteiger charge is -2.17. The summed E-state index contributed by atoms with van der Waals surface area (Å²) in [6.07, 6.45) is 3.28. The Labute approximate surface area is 102 Å². The maximum Gasteiger partial charge on any atom is 0.257 e. The van der Waals surface area contributed by atoms with Crippen molar-refractivity contribution < 1.29 is 9.59 Å². The van der Waals surface area contributed by atoms with Gasteiger partial charge in [0, 0.05) is 13.1 Å². The van der Waals surface area contributed by atoms with Gasteiger partial charge in [-0.25, -0.2) is 0 Å². The minimum Gasteiger partial charge on any atom is -0.339 e. The molecular formula is C14H16NO2. The summed E-state index contributed by atoms with van der Waals surface area (Å²) in [5, 5.41) is 0. The Morgan fingerprint density at radius 3 is 2.29 bits per heavy atom. The van der Waals surface area contributed by atoms with E-state index in [4.69, 9.17) is 0 Å². The summed E-state index contributed by atoms with van der Waals surface area (Å²) in [5.41, 5.74) is 0.895. The van der Waals surface area contributed by atoms with E-state index in [0.717, 1.165) is 5.56 Å². The highest BCUT2D eigenvalue weighted by Crippen LogP contribution is 2.07. The van der Waals surface area contributed by atoms with Crippen LogP contribution in [0.1, 0.15) is 19.4 Å². The first kappa shape index (κ1) is 13.2. The average Bonchev–Trinajstić information content (AvgIpc) is 2.38. The smallest absolute Gasteiger partial charge is 0.257 e. The van der Waals surface area contributed by atoms with Gasteiger partial charge in [-0.05, 0) is 25.5 Å². The molecule has 0 aromatic heterocycles. The van der Waals surface area contributed by atoms with E-state index >= 15 is 0 Å². The second kappa shape index (κ2) is 6.63. The van der Waals surface area contributed by atoms with Crippen molar-refractivity contribution in [3.05, 3.63) is 41.5 Å². The van der Waals surface area contributed by atoms with Crippen LogP contribution in [0.5, 0.6) is 0 Å². The second-order valence-corrected chi connectivity index (χ2v) is 3.55. The molecular weight excluding hydrogens is 214 g/mol. The molecule has 0 atom stereocenters. The number of benzene rings is 1. The predicted octanol–water partition coefficient (Wildman–Crippen LogP) is 2.05. The zero-order valence-corrected chi connectivity index (χ0v) is 10.1. The lowest BCUT2D eigenvalue weighted by molar-refractivity contribution is -0.126. The number of hydrogen-bond acceptors (Lipinski definition) is 2. The average molecular weight is 230 g/mol. The SMILES string of the molecule is CCN(CC)C(=O)C([C]=O)=Cc1ccccc1. The van der Waals surface area contributed by atoms with Gasteiger partial charge in [-0.1, -0.05) is 30.3 Å². The Balaban J connectivity index is 2.96. The first-order chi connectivity index (χ1) is 8.22. The summed E-state index contributed by atoms with van der Waals surface area (Å²) in [6.45, 7) is 4.94. The summed E-state index contributed by atoms with van der Waals surface area (Å²) in [4.78, 5) is 24.4. The number of rotatable bonds is 5. The van der Waals surface area contributed by atoms with Crippen molar-refractivity contribution in [1.82, 2.24) is 4.90 Å². The van der Waals surface area contributed by atoms with Crippen LogP contribution in [-0.4, -0.2) is 30.2 Å². The van der Waals surface area contributed by atoms with Crippen molar-refractivity contribution >= 4 is 18.3 Å². The van der Waals surface area contributed by atoms with Gasteiger partial charge in [-0.3, -0.25) is 9.59 Å². The number of hydrogen-bond donors (Lipinski definition) is 0. The van der Waals surface area contributed by atoms with Crippen molar-refractivity contribution in [2.75, 3.05) is 13.1 Å². The quantitative estimate of drug-likeness (QED) is 0.441. The third kappa shape index (κ3) is 3.55. The molecule has 0 aliphatic carbocycles. The van der Waals surface area contributed by atoms with Crippen LogP contribution >= 0.6 is 0 Å². The molecule has 0 heterocycles. The molecule has 3 heteroatoms. The summed E-state index contributed by atoms with van der Waals surface area (Å²) in [6, 6.07) is 9.28. The minimum atomic E-state index is -0.270. The van der Waals surface area contributed by atoms with Crippen molar-refractivity contribution in [2.45, 2.75) is 13.8 Å². The van der Waals surface area contributed by atoms with Gasteiger partial charge in [-0.15, -0.1) is 0 Å². The standard InChI is InChI=1S/C14H16NO2/c1-3-15(4-2)14(17)13(11-16)10-12-8-6-5-7-9-12/h5-10H,3-4H2,1-2H3. The van der Waals surface area contributed by atoms with E-state index in [0.29, 0.717) is 13.1 Å². The number of likely N-dealkylation sites (N-methyl/N-ethyl adjacent to an activating group) is 1. The first-order valence-electron chi connectivity index (χ1n) is 5.67. The van der Waals surface area contributed by atoms with Crippen molar-refractivity contribution in [3.8, 4) is 0 Å². The number of carbonyl (C=O) groups is 1. The molecule has 17 heavy (non-hydrogen) atoms. The molecule has 0 saturated carbocycles. The minimum absolute atomic E-state index is 0.0694. The molecule has 0 saturated heterocycles. The molecule has 3 nitrogen and oxygen atoms in total. The van der Waals surface area contributed by atoms with E-state index in [1.54, 1.807) is 17.3 Å². The van der Waals surface area contributed by atoms with E-state index in [1.165, 1.54) is 0 Å². The number of carbonyl (C=O) groups excluding carboxylic acids is 2. The zero-order chi connectivity index (χ0) is 12.7. The summed E-state index contributed by atoms with van der Waals surface area (Å²) in [5.74, 6) is -0.270. The summed E-state index contributed by atoms with van der Waals surface area (Å²) >= 11 is 0. The third-order valence-electron chi connectivity index (χ3n) is 2.50. The fraction of sp³-hybridized carbons (Fsp3) is 0.286. The predicted molar refractivity (Wildman–Crippen MR) is 68.0 cm³/mol. The van der Waals surface area contributed by atoms with Crippen molar-refractivity contribution in [3.63, 3.8) is 0 Å². The molecule has 1 amide bonds. The third-order valence-corrected chi connectivity index (χ3v) is 2.50. The monoisotopic (exact) mass is 230 g/mol. The van der Waals surface area contributed by atoms with Crippen LogP contribution in [-0.2, 0) is 9.59 Å². The van der Waals surface area contributed by atoms with Crippen LogP contribution in [0.15, 0.2) is 35.9 Å². The molecule has 0 N–H and O–H groups in total. The Bertz CT molecular complexity index is 405. The van der Waals surface area contributed by atoms with Gasteiger partial charge in [0.1, 0.15) is 0 Å². The van der Waals surface area contributed by atoms with Gasteiger partial charge in [-0.2, -0.15) is 0 Å². The van der Waals surface area contributed by atoms with Crippen LogP contribution in [0, 0.1) is 0 Å². The molecule has 1 radical (unpaired) electrons. The lowest BCUT2D eigenvalue weighted by atomic mass is 10.1. The number of amides is 1. The van der Waals surface area contributed by atoms with Crippen LogP contribution in [0.2, 0.25) is 0 Å². The van der Waals surface area contributed by atoms with Crippen LogP contribution in [0.3, 0.4) is 0 Å². The molecule has 1 aromatic rings. The highest BCUT2D eigenvalue weighted by atomic mass is 16.2. The molecule has 1 aromatic carbocycles. The molecule has 0 unspecified atom stereocenters. The molecule has 0 spiro atoms. The van der Waals surface area contributed by atoms with Gasteiger partial charge in [0.15, 0.2) is 0 Å². The summed E-state index contributed by atoms with van der Waals surface area (Å²) < 4.78 is 0. The molecule has 1 rings (SSSR count). The normalized spacial score (nSPS) is 11.1. The van der Waals surface area contributed by atoms with Crippen LogP contribution in [0.4, 0.5) is 0 Å². The van der Waals surface area contributed by atoms with E-state index in [1.807, 2.05) is 44.2 Å². The zero-order valence-electron chi connectivity index (χ0n) is 10.1. The first-order valence-corrected chi connectivity index (χ1v) is 5.67. The van der Waals surface area contributed by atoms with Crippen molar-refractivity contribution in [2.24, 2.45) is 0 Å². The van der Waals surface area contributed by atoms with Crippen molar-refractivity contribution in [1.29, 1.82) is 0 Å². The molecule has 0 aliphatic rings. The molecule has 89 valence electrons. The largest absolute Gasteiger partial charge is 0.339 e. The second-order valence-electron chi connectivity index (χ2n) is 3.55. The van der Waals surface area contributed by atoms with Gasteiger partial charge >= 0.3 is 0 Å². The molecule has 0 fully saturated rings. The Morgan fingerprint density at radius 1 is 1.24 bits per heavy atom. The highest BCUT2D eigenvalue weighted by Gasteiger charge is 2.15. The number of nitrogens with zero attached hydrogens (tertiary/aromatic N) is 1. The van der Waals surface area contributed by atoms with Gasteiger partial charge < -0.3 is 4.90 Å². The van der Waals surface area contributed by atoms with Gasteiger partial charge in [0.25, 0.3) is 5.91 Å². The van der Waals surface area contributed by atoms with Gasteiger partial charge in [0.05, 0.1) is 5.57 Å². The van der Waals surface area contributed by atoms with E-state index in [9.17, 15) is 9.59 Å². The maximum absolute atomic E-state index is 11.9. The van der Waals surface area contributed by atoms with Crippen LogP contribution < -0.4 is 0 Å². The highest BCUT2D eigenvalue weighted by molar-refractivity contribution is 6.14. The van der Waals surface area contributed by atoms with E-state index in [2.05, 4.69) is 0 Å². The molecule has 0 aliphatic heterocycles. The van der Waals surface area contributed by atoms with E-state index < -0.39 is 0 Å². The Hall–Kier alpha value is -1.90. The Morgan fingerprint density at radius 2 is 1.82 bits per heavy atom. The fourth-order valence-corrected chi connectivity index (χ4v) is 1.53. The van der Waals surface area contributed by atoms with Crippen LogP contribution in [0.25, 0.3) is 6.08 Å². The Kier molecular flexibility index (Phi) is 5.14.